The van der Waals surface area contributed by atoms with Crippen molar-refractivity contribution in [3.63, 3.8) is 0 Å². The van der Waals surface area contributed by atoms with Crippen LogP contribution in [0.2, 0.25) is 0 Å². The fraction of sp³-hybridized carbons (Fsp3) is 0.320. The first-order valence-corrected chi connectivity index (χ1v) is 10.4. The smallest absolute Gasteiger partial charge is 0.407 e. The number of hydrogen-bond donors (Lipinski definition) is 3. The molecule has 0 fully saturated rings. The molecule has 0 saturated heterocycles. The summed E-state index contributed by atoms with van der Waals surface area (Å²) in [5.74, 6) is 0.0474. The van der Waals surface area contributed by atoms with Crippen LogP contribution in [-0.4, -0.2) is 41.8 Å². The van der Waals surface area contributed by atoms with Gasteiger partial charge in [0.15, 0.2) is 0 Å². The van der Waals surface area contributed by atoms with E-state index in [4.69, 9.17) is 11.2 Å². The van der Waals surface area contributed by atoms with E-state index in [1.807, 2.05) is 48.5 Å². The minimum absolute atomic E-state index is 0.0913. The van der Waals surface area contributed by atoms with Gasteiger partial charge < -0.3 is 20.5 Å². The summed E-state index contributed by atoms with van der Waals surface area (Å²) < 4.78 is 5.45. The molecule has 3 N–H and O–H groups in total. The standard InChI is InChI=1S/C25H26N2O5/c1-4-9-21(23(28)27-22(15(2)3)24(29)30)26-25(31)32-14-20-18-12-7-5-10-16(18)17-11-6-8-13-19(17)20/h1,5-8,10-13,15,20-22H,9,14H2,2-3H3,(H,26,31)(H,27,28)(H,29,30)/t21?,22-/m1/s1. The van der Waals surface area contributed by atoms with Crippen LogP contribution in [0.3, 0.4) is 0 Å². The molecule has 0 spiro atoms. The van der Waals surface area contributed by atoms with E-state index in [2.05, 4.69) is 16.6 Å². The SMILES string of the molecule is C#CCC(NC(=O)OCC1c2ccccc2-c2ccccc21)C(=O)N[C@@H](C(=O)O)C(C)C. The number of ether oxygens (including phenoxy) is 1. The van der Waals surface area contributed by atoms with Crippen LogP contribution in [0.5, 0.6) is 0 Å². The van der Waals surface area contributed by atoms with Crippen LogP contribution in [0.4, 0.5) is 4.79 Å². The third kappa shape index (κ3) is 4.92. The van der Waals surface area contributed by atoms with Gasteiger partial charge in [0.05, 0.1) is 0 Å². The highest BCUT2D eigenvalue weighted by atomic mass is 16.5. The van der Waals surface area contributed by atoms with Gasteiger partial charge in [-0.3, -0.25) is 4.79 Å². The molecule has 7 heteroatoms. The monoisotopic (exact) mass is 434 g/mol. The van der Waals surface area contributed by atoms with Crippen molar-refractivity contribution >= 4 is 18.0 Å². The second-order valence-electron chi connectivity index (χ2n) is 8.00. The molecule has 2 amide bonds. The molecule has 1 aliphatic carbocycles. The van der Waals surface area contributed by atoms with E-state index < -0.39 is 30.1 Å². The zero-order chi connectivity index (χ0) is 23.3. The fourth-order valence-corrected chi connectivity index (χ4v) is 3.88. The summed E-state index contributed by atoms with van der Waals surface area (Å²) in [7, 11) is 0. The Hall–Kier alpha value is -3.79. The summed E-state index contributed by atoms with van der Waals surface area (Å²) in [5, 5.41) is 14.2. The van der Waals surface area contributed by atoms with Crippen LogP contribution in [0.1, 0.15) is 37.3 Å². The average Bonchev–Trinajstić information content (AvgIpc) is 3.09. The largest absolute Gasteiger partial charge is 0.480 e. The van der Waals surface area contributed by atoms with Crippen molar-refractivity contribution in [3.8, 4) is 23.5 Å². The van der Waals surface area contributed by atoms with Crippen molar-refractivity contribution in [1.29, 1.82) is 0 Å². The Morgan fingerprint density at radius 3 is 2.09 bits per heavy atom. The molecule has 1 aliphatic rings. The van der Waals surface area contributed by atoms with Gasteiger partial charge in [0.2, 0.25) is 5.91 Å². The van der Waals surface area contributed by atoms with Crippen molar-refractivity contribution < 1.29 is 24.2 Å². The number of amides is 2. The van der Waals surface area contributed by atoms with Gasteiger partial charge in [0.25, 0.3) is 0 Å². The number of hydrogen-bond acceptors (Lipinski definition) is 4. The molecular formula is C25H26N2O5. The number of carbonyl (C=O) groups is 3. The summed E-state index contributed by atoms with van der Waals surface area (Å²) >= 11 is 0. The van der Waals surface area contributed by atoms with Crippen molar-refractivity contribution in [1.82, 2.24) is 10.6 Å². The number of carboxylic acid groups (broad SMARTS) is 1. The molecule has 0 bridgehead atoms. The molecule has 32 heavy (non-hydrogen) atoms. The Morgan fingerprint density at radius 2 is 1.59 bits per heavy atom. The van der Waals surface area contributed by atoms with E-state index in [0.717, 1.165) is 22.3 Å². The Morgan fingerprint density at radius 1 is 1.03 bits per heavy atom. The maximum absolute atomic E-state index is 12.5. The van der Waals surface area contributed by atoms with E-state index in [1.165, 1.54) is 0 Å². The van der Waals surface area contributed by atoms with Gasteiger partial charge in [-0.1, -0.05) is 62.4 Å². The maximum atomic E-state index is 12.5. The fourth-order valence-electron chi connectivity index (χ4n) is 3.88. The first-order valence-electron chi connectivity index (χ1n) is 10.4. The molecule has 3 rings (SSSR count). The average molecular weight is 434 g/mol. The van der Waals surface area contributed by atoms with Gasteiger partial charge in [-0.05, 0) is 28.2 Å². The van der Waals surface area contributed by atoms with Crippen LogP contribution < -0.4 is 10.6 Å². The Labute approximate surface area is 187 Å². The summed E-state index contributed by atoms with van der Waals surface area (Å²) in [6, 6.07) is 13.7. The lowest BCUT2D eigenvalue weighted by molar-refractivity contribution is -0.143. The zero-order valence-electron chi connectivity index (χ0n) is 18.0. The Bertz CT molecular complexity index is 1010. The topological polar surface area (TPSA) is 105 Å². The molecular weight excluding hydrogens is 408 g/mol. The van der Waals surface area contributed by atoms with Gasteiger partial charge in [-0.15, -0.1) is 12.3 Å². The lowest BCUT2D eigenvalue weighted by atomic mass is 9.98. The van der Waals surface area contributed by atoms with Gasteiger partial charge in [0, 0.05) is 12.3 Å². The number of benzene rings is 2. The normalized spacial score (nSPS) is 13.9. The van der Waals surface area contributed by atoms with Gasteiger partial charge in [-0.2, -0.15) is 0 Å². The van der Waals surface area contributed by atoms with Crippen molar-refractivity contribution in [2.24, 2.45) is 5.92 Å². The number of alkyl carbamates (subject to hydrolysis) is 1. The quantitative estimate of drug-likeness (QED) is 0.554. The molecule has 0 saturated carbocycles. The van der Waals surface area contributed by atoms with Crippen molar-refractivity contribution in [3.05, 3.63) is 59.7 Å². The molecule has 1 unspecified atom stereocenters. The molecule has 0 aromatic heterocycles. The van der Waals surface area contributed by atoms with Gasteiger partial charge in [-0.25, -0.2) is 9.59 Å². The molecule has 0 aliphatic heterocycles. The lowest BCUT2D eigenvalue weighted by Crippen LogP contribution is -2.53. The molecule has 0 heterocycles. The van der Waals surface area contributed by atoms with Crippen LogP contribution in [0.15, 0.2) is 48.5 Å². The molecule has 2 atom stereocenters. The summed E-state index contributed by atoms with van der Waals surface area (Å²) in [6.07, 6.45) is 4.44. The zero-order valence-corrected chi connectivity index (χ0v) is 18.0. The highest BCUT2D eigenvalue weighted by Crippen LogP contribution is 2.44. The number of carboxylic acids is 1. The Kier molecular flexibility index (Phi) is 7.16. The number of fused-ring (bicyclic) bond motifs is 3. The second kappa shape index (κ2) is 10.0. The lowest BCUT2D eigenvalue weighted by Gasteiger charge is -2.22. The predicted octanol–water partition coefficient (Wildman–Crippen LogP) is 3.14. The number of aliphatic carboxylic acids is 1. The predicted molar refractivity (Wildman–Crippen MR) is 120 cm³/mol. The number of nitrogens with one attached hydrogen (secondary N) is 2. The summed E-state index contributed by atoms with van der Waals surface area (Å²) in [5.41, 5.74) is 4.35. The van der Waals surface area contributed by atoms with E-state index in [-0.39, 0.29) is 24.9 Å². The minimum Gasteiger partial charge on any atom is -0.480 e. The number of carbonyl (C=O) groups excluding carboxylic acids is 2. The van der Waals surface area contributed by atoms with Gasteiger partial charge >= 0.3 is 12.1 Å². The van der Waals surface area contributed by atoms with E-state index in [0.29, 0.717) is 0 Å². The van der Waals surface area contributed by atoms with E-state index in [1.54, 1.807) is 13.8 Å². The van der Waals surface area contributed by atoms with E-state index >= 15 is 0 Å². The second-order valence-corrected chi connectivity index (χ2v) is 8.00. The third-order valence-corrected chi connectivity index (χ3v) is 5.50. The van der Waals surface area contributed by atoms with Gasteiger partial charge in [0.1, 0.15) is 18.7 Å². The molecule has 0 radical (unpaired) electrons. The first-order chi connectivity index (χ1) is 15.3. The molecule has 2 aromatic rings. The van der Waals surface area contributed by atoms with Crippen LogP contribution >= 0.6 is 0 Å². The maximum Gasteiger partial charge on any atom is 0.407 e. The first kappa shape index (κ1) is 22.9. The van der Waals surface area contributed by atoms with Crippen molar-refractivity contribution in [2.45, 2.75) is 38.3 Å². The molecule has 2 aromatic carbocycles. The highest BCUT2D eigenvalue weighted by molar-refractivity contribution is 5.89. The van der Waals surface area contributed by atoms with Crippen LogP contribution in [0, 0.1) is 18.3 Å². The number of rotatable bonds is 8. The van der Waals surface area contributed by atoms with Crippen molar-refractivity contribution in [2.75, 3.05) is 6.61 Å². The molecule has 166 valence electrons. The Balaban J connectivity index is 1.66. The minimum atomic E-state index is -1.16. The van der Waals surface area contributed by atoms with E-state index in [9.17, 15) is 19.5 Å². The number of terminal acetylenes is 1. The van der Waals surface area contributed by atoms with Crippen LogP contribution in [0.25, 0.3) is 11.1 Å². The van der Waals surface area contributed by atoms with Crippen LogP contribution in [-0.2, 0) is 14.3 Å². The third-order valence-electron chi connectivity index (χ3n) is 5.50. The summed E-state index contributed by atoms with van der Waals surface area (Å²) in [6.45, 7) is 3.44. The summed E-state index contributed by atoms with van der Waals surface area (Å²) in [4.78, 5) is 36.4. The highest BCUT2D eigenvalue weighted by Gasteiger charge is 2.31. The molecule has 7 nitrogen and oxygen atoms in total.